The molecule has 0 unspecified atom stereocenters. The van der Waals surface area contributed by atoms with Gasteiger partial charge >= 0.3 is 0 Å². The van der Waals surface area contributed by atoms with Crippen molar-refractivity contribution in [3.63, 3.8) is 0 Å². The van der Waals surface area contributed by atoms with Crippen LogP contribution in [0.3, 0.4) is 0 Å². The number of benzene rings is 1. The van der Waals surface area contributed by atoms with Gasteiger partial charge in [-0.25, -0.2) is 0 Å². The molecule has 24 heavy (non-hydrogen) atoms. The fraction of sp³-hybridized carbons (Fsp3) is 0.471. The van der Waals surface area contributed by atoms with Gasteiger partial charge in [0.1, 0.15) is 10.8 Å². The molecule has 0 aliphatic heterocycles. The summed E-state index contributed by atoms with van der Waals surface area (Å²) in [5.74, 6) is 0.563. The molecule has 0 atom stereocenters. The van der Waals surface area contributed by atoms with Gasteiger partial charge in [-0.15, -0.1) is 10.2 Å². The molecule has 0 spiro atoms. The normalized spacial score (nSPS) is 10.6. The Morgan fingerprint density at radius 3 is 2.83 bits per heavy atom. The lowest BCUT2D eigenvalue weighted by Crippen LogP contribution is -2.12. The molecule has 0 bridgehead atoms. The van der Waals surface area contributed by atoms with Gasteiger partial charge in [-0.2, -0.15) is 0 Å². The van der Waals surface area contributed by atoms with Crippen LogP contribution in [0.15, 0.2) is 18.2 Å². The smallest absolute Gasteiger partial charge is 0.226 e. The maximum Gasteiger partial charge on any atom is 0.226 e. The number of unbranched alkanes of at least 4 members (excludes halogenated alkanes) is 2. The number of rotatable bonds is 9. The molecule has 1 aromatic heterocycles. The Bertz CT molecular complexity index is 676. The lowest BCUT2D eigenvalue weighted by Gasteiger charge is -2.06. The summed E-state index contributed by atoms with van der Waals surface area (Å²) in [5.41, 5.74) is 0.994. The number of anilines is 1. The maximum absolute atomic E-state index is 12.0. The Morgan fingerprint density at radius 2 is 2.12 bits per heavy atom. The number of hydrogen-bond donors (Lipinski definition) is 1. The summed E-state index contributed by atoms with van der Waals surface area (Å²) in [5, 5.41) is 13.0. The molecule has 0 fully saturated rings. The molecule has 5 nitrogen and oxygen atoms in total. The predicted octanol–water partition coefficient (Wildman–Crippen LogP) is 4.50. The van der Waals surface area contributed by atoms with E-state index in [9.17, 15) is 4.79 Å². The van der Waals surface area contributed by atoms with Crippen LogP contribution in [-0.4, -0.2) is 23.2 Å². The maximum atomic E-state index is 12.0. The van der Waals surface area contributed by atoms with E-state index in [1.807, 2.05) is 18.2 Å². The minimum absolute atomic E-state index is 0.0711. The van der Waals surface area contributed by atoms with Crippen LogP contribution in [0.5, 0.6) is 5.75 Å². The number of ether oxygens (including phenoxy) is 1. The SMILES string of the molecule is CCCCCc1nnc(NC(=O)CCc2ccc(OC)c(Cl)c2)s1. The number of carbonyl (C=O) groups excluding carboxylic acids is 1. The average Bonchev–Trinajstić information content (AvgIpc) is 3.00. The van der Waals surface area contributed by atoms with Gasteiger partial charge in [0, 0.05) is 12.8 Å². The van der Waals surface area contributed by atoms with Crippen molar-refractivity contribution >= 4 is 34.0 Å². The van der Waals surface area contributed by atoms with E-state index in [1.54, 1.807) is 7.11 Å². The van der Waals surface area contributed by atoms with Crippen molar-refractivity contribution in [1.29, 1.82) is 0 Å². The molecule has 2 aromatic rings. The topological polar surface area (TPSA) is 64.1 Å². The van der Waals surface area contributed by atoms with E-state index in [2.05, 4.69) is 22.4 Å². The molecule has 7 heteroatoms. The third-order valence-electron chi connectivity index (χ3n) is 3.56. The summed E-state index contributed by atoms with van der Waals surface area (Å²) in [7, 11) is 1.58. The number of aryl methyl sites for hydroxylation is 2. The van der Waals surface area contributed by atoms with Crippen LogP contribution in [0.1, 0.15) is 43.2 Å². The molecule has 130 valence electrons. The number of methoxy groups -OCH3 is 1. The number of amides is 1. The Hall–Kier alpha value is -1.66. The molecule has 0 radical (unpaired) electrons. The van der Waals surface area contributed by atoms with E-state index >= 15 is 0 Å². The first-order valence-corrected chi connectivity index (χ1v) is 9.26. The van der Waals surface area contributed by atoms with E-state index in [0.717, 1.165) is 23.4 Å². The highest BCUT2D eigenvalue weighted by Gasteiger charge is 2.09. The largest absolute Gasteiger partial charge is 0.495 e. The summed E-state index contributed by atoms with van der Waals surface area (Å²) in [6.45, 7) is 2.17. The number of aromatic nitrogens is 2. The lowest BCUT2D eigenvalue weighted by molar-refractivity contribution is -0.116. The van der Waals surface area contributed by atoms with Crippen molar-refractivity contribution in [2.75, 3.05) is 12.4 Å². The standard InChI is InChI=1S/C17H22ClN3O2S/c1-3-4-5-6-16-20-21-17(24-16)19-15(22)10-8-12-7-9-14(23-2)13(18)11-12/h7,9,11H,3-6,8,10H2,1-2H3,(H,19,21,22). The van der Waals surface area contributed by atoms with Gasteiger partial charge in [0.2, 0.25) is 11.0 Å². The highest BCUT2D eigenvalue weighted by molar-refractivity contribution is 7.15. The van der Waals surface area contributed by atoms with Crippen LogP contribution in [0, 0.1) is 0 Å². The van der Waals surface area contributed by atoms with E-state index < -0.39 is 0 Å². The van der Waals surface area contributed by atoms with Gasteiger partial charge in [-0.05, 0) is 30.5 Å². The van der Waals surface area contributed by atoms with Crippen LogP contribution in [0.2, 0.25) is 5.02 Å². The van der Waals surface area contributed by atoms with E-state index in [0.29, 0.717) is 28.7 Å². The fourth-order valence-electron chi connectivity index (χ4n) is 2.24. The zero-order valence-corrected chi connectivity index (χ0v) is 15.5. The molecule has 1 amide bonds. The first-order valence-electron chi connectivity index (χ1n) is 8.07. The molecule has 2 rings (SSSR count). The summed E-state index contributed by atoms with van der Waals surface area (Å²) in [6.07, 6.45) is 5.37. The number of hydrogen-bond acceptors (Lipinski definition) is 5. The molecule has 1 N–H and O–H groups in total. The number of carbonyl (C=O) groups is 1. The number of nitrogens with zero attached hydrogens (tertiary/aromatic N) is 2. The predicted molar refractivity (Wildman–Crippen MR) is 98.1 cm³/mol. The quantitative estimate of drug-likeness (QED) is 0.662. The van der Waals surface area contributed by atoms with Gasteiger partial charge in [0.25, 0.3) is 0 Å². The fourth-order valence-corrected chi connectivity index (χ4v) is 3.31. The summed E-state index contributed by atoms with van der Waals surface area (Å²) < 4.78 is 5.12. The van der Waals surface area contributed by atoms with Gasteiger partial charge in [0.15, 0.2) is 0 Å². The van der Waals surface area contributed by atoms with Crippen LogP contribution >= 0.6 is 22.9 Å². The Kier molecular flexibility index (Phi) is 7.46. The molecule has 1 heterocycles. The highest BCUT2D eigenvalue weighted by Crippen LogP contribution is 2.25. The zero-order valence-electron chi connectivity index (χ0n) is 14.0. The van der Waals surface area contributed by atoms with Crippen LogP contribution in [0.25, 0.3) is 0 Å². The van der Waals surface area contributed by atoms with Crippen LogP contribution in [0.4, 0.5) is 5.13 Å². The first-order chi connectivity index (χ1) is 11.6. The van der Waals surface area contributed by atoms with E-state index in [1.165, 1.54) is 24.2 Å². The Balaban J connectivity index is 1.80. The van der Waals surface area contributed by atoms with E-state index in [4.69, 9.17) is 16.3 Å². The van der Waals surface area contributed by atoms with Gasteiger partial charge in [0.05, 0.1) is 12.1 Å². The molecule has 0 saturated heterocycles. The number of nitrogens with one attached hydrogen (secondary N) is 1. The lowest BCUT2D eigenvalue weighted by atomic mass is 10.1. The molecular formula is C17H22ClN3O2S. The van der Waals surface area contributed by atoms with Gasteiger partial charge in [-0.1, -0.05) is 48.8 Å². The van der Waals surface area contributed by atoms with Gasteiger partial charge < -0.3 is 10.1 Å². The van der Waals surface area contributed by atoms with Crippen molar-refractivity contribution < 1.29 is 9.53 Å². The first kappa shape index (κ1) is 18.7. The van der Waals surface area contributed by atoms with Gasteiger partial charge in [-0.3, -0.25) is 4.79 Å². The van der Waals surface area contributed by atoms with Crippen molar-refractivity contribution in [2.45, 2.75) is 45.4 Å². The second kappa shape index (κ2) is 9.59. The molecule has 1 aromatic carbocycles. The highest BCUT2D eigenvalue weighted by atomic mass is 35.5. The average molecular weight is 368 g/mol. The van der Waals surface area contributed by atoms with Crippen LogP contribution in [-0.2, 0) is 17.6 Å². The van der Waals surface area contributed by atoms with Crippen LogP contribution < -0.4 is 10.1 Å². The summed E-state index contributed by atoms with van der Waals surface area (Å²) >= 11 is 7.54. The van der Waals surface area contributed by atoms with Crippen molar-refractivity contribution in [1.82, 2.24) is 10.2 Å². The monoisotopic (exact) mass is 367 g/mol. The second-order valence-corrected chi connectivity index (χ2v) is 6.94. The molecule has 0 aliphatic rings. The Labute approximate surface area is 151 Å². The second-order valence-electron chi connectivity index (χ2n) is 5.48. The van der Waals surface area contributed by atoms with Crippen molar-refractivity contribution in [3.8, 4) is 5.75 Å². The summed E-state index contributed by atoms with van der Waals surface area (Å²) in [4.78, 5) is 12.0. The van der Waals surface area contributed by atoms with Crippen molar-refractivity contribution in [3.05, 3.63) is 33.8 Å². The number of halogens is 1. The third-order valence-corrected chi connectivity index (χ3v) is 4.76. The minimum atomic E-state index is -0.0711. The molecular weight excluding hydrogens is 346 g/mol. The summed E-state index contributed by atoms with van der Waals surface area (Å²) in [6, 6.07) is 5.54. The minimum Gasteiger partial charge on any atom is -0.495 e. The third kappa shape index (κ3) is 5.76. The zero-order chi connectivity index (χ0) is 17.4. The van der Waals surface area contributed by atoms with Crippen molar-refractivity contribution in [2.24, 2.45) is 0 Å². The molecule has 0 saturated carbocycles. The van der Waals surface area contributed by atoms with E-state index in [-0.39, 0.29) is 5.91 Å². The Morgan fingerprint density at radius 1 is 1.29 bits per heavy atom. The molecule has 0 aliphatic carbocycles.